The van der Waals surface area contributed by atoms with Crippen molar-refractivity contribution >= 4 is 27.5 Å². The van der Waals surface area contributed by atoms with Crippen molar-refractivity contribution in [1.29, 1.82) is 0 Å². The van der Waals surface area contributed by atoms with Crippen molar-refractivity contribution in [1.82, 2.24) is 5.32 Å². The van der Waals surface area contributed by atoms with Crippen LogP contribution in [0.15, 0.2) is 0 Å². The van der Waals surface area contributed by atoms with Crippen LogP contribution in [0.5, 0.6) is 0 Å². The molecule has 0 aromatic heterocycles. The van der Waals surface area contributed by atoms with E-state index < -0.39 is 0 Å². The number of nitrogens with one attached hydrogen (secondary N) is 1. The third-order valence-electron chi connectivity index (χ3n) is 2.95. The molecule has 0 aliphatic carbocycles. The Kier molecular flexibility index (Phi) is 8.19. The first-order valence-corrected chi connectivity index (χ1v) is 9.11. The highest BCUT2D eigenvalue weighted by molar-refractivity contribution is 8.77. The predicted molar refractivity (Wildman–Crippen MR) is 79.4 cm³/mol. The molecule has 1 atom stereocenters. The van der Waals surface area contributed by atoms with Gasteiger partial charge in [-0.1, -0.05) is 41.9 Å². The third kappa shape index (κ3) is 7.98. The van der Waals surface area contributed by atoms with Crippen molar-refractivity contribution in [2.45, 2.75) is 57.6 Å². The first-order chi connectivity index (χ1) is 8.18. The SMILES string of the molecule is CC(C)CCNC(=O)CCCCC1CCSS1. The second-order valence-electron chi connectivity index (χ2n) is 5.11. The lowest BCUT2D eigenvalue weighted by Gasteiger charge is -2.08. The Morgan fingerprint density at radius 3 is 2.88 bits per heavy atom. The van der Waals surface area contributed by atoms with Gasteiger partial charge in [-0.15, -0.1) is 0 Å². The van der Waals surface area contributed by atoms with Gasteiger partial charge in [0.15, 0.2) is 0 Å². The summed E-state index contributed by atoms with van der Waals surface area (Å²) in [7, 11) is 4.03. The fraction of sp³-hybridized carbons (Fsp3) is 0.923. The van der Waals surface area contributed by atoms with Crippen LogP contribution >= 0.6 is 21.6 Å². The van der Waals surface area contributed by atoms with Gasteiger partial charge in [-0.2, -0.15) is 0 Å². The molecule has 1 rings (SSSR count). The maximum atomic E-state index is 11.5. The van der Waals surface area contributed by atoms with Gasteiger partial charge < -0.3 is 5.32 Å². The van der Waals surface area contributed by atoms with E-state index in [1.54, 1.807) is 0 Å². The smallest absolute Gasteiger partial charge is 0.219 e. The molecule has 1 unspecified atom stereocenters. The molecule has 4 heteroatoms. The molecule has 0 aromatic carbocycles. The topological polar surface area (TPSA) is 29.1 Å². The van der Waals surface area contributed by atoms with Crippen LogP contribution < -0.4 is 5.32 Å². The van der Waals surface area contributed by atoms with Crippen molar-refractivity contribution < 1.29 is 4.79 Å². The summed E-state index contributed by atoms with van der Waals surface area (Å²) >= 11 is 0. The van der Waals surface area contributed by atoms with E-state index in [1.807, 2.05) is 21.6 Å². The number of hydrogen-bond donors (Lipinski definition) is 1. The van der Waals surface area contributed by atoms with Crippen LogP contribution in [-0.2, 0) is 4.79 Å². The molecule has 0 bridgehead atoms. The number of unbranched alkanes of at least 4 members (excludes halogenated alkanes) is 1. The molecule has 100 valence electrons. The summed E-state index contributed by atoms with van der Waals surface area (Å²) in [6.45, 7) is 5.21. The predicted octanol–water partition coefficient (Wildman–Crippen LogP) is 3.86. The molecule has 17 heavy (non-hydrogen) atoms. The standard InChI is InChI=1S/C13H25NOS2/c1-11(2)7-9-14-13(15)6-4-3-5-12-8-10-16-17-12/h11-12H,3-10H2,1-2H3,(H,14,15). The van der Waals surface area contributed by atoms with E-state index in [1.165, 1.54) is 25.0 Å². The molecule has 1 amide bonds. The lowest BCUT2D eigenvalue weighted by Crippen LogP contribution is -2.24. The van der Waals surface area contributed by atoms with E-state index in [0.717, 1.165) is 24.6 Å². The Labute approximate surface area is 113 Å². The zero-order valence-electron chi connectivity index (χ0n) is 11.0. The number of carbonyl (C=O) groups excluding carboxylic acids is 1. The van der Waals surface area contributed by atoms with E-state index in [9.17, 15) is 4.79 Å². The maximum absolute atomic E-state index is 11.5. The van der Waals surface area contributed by atoms with Crippen LogP contribution in [0.2, 0.25) is 0 Å². The quantitative estimate of drug-likeness (QED) is 0.539. The molecular formula is C13H25NOS2. The number of hydrogen-bond acceptors (Lipinski definition) is 3. The van der Waals surface area contributed by atoms with Crippen LogP contribution in [-0.4, -0.2) is 23.5 Å². The molecule has 1 fully saturated rings. The highest BCUT2D eigenvalue weighted by Gasteiger charge is 2.15. The fourth-order valence-corrected chi connectivity index (χ4v) is 4.84. The zero-order chi connectivity index (χ0) is 12.5. The lowest BCUT2D eigenvalue weighted by atomic mass is 10.1. The Balaban J connectivity index is 1.89. The minimum Gasteiger partial charge on any atom is -0.356 e. The summed E-state index contributed by atoms with van der Waals surface area (Å²) < 4.78 is 0. The van der Waals surface area contributed by atoms with Gasteiger partial charge in [-0.05, 0) is 31.6 Å². The van der Waals surface area contributed by atoms with Gasteiger partial charge in [0, 0.05) is 24.0 Å². The molecule has 2 nitrogen and oxygen atoms in total. The number of carbonyl (C=O) groups is 1. The molecule has 0 radical (unpaired) electrons. The van der Waals surface area contributed by atoms with Crippen molar-refractivity contribution in [2.24, 2.45) is 5.92 Å². The van der Waals surface area contributed by atoms with Gasteiger partial charge in [0.05, 0.1) is 0 Å². The van der Waals surface area contributed by atoms with Gasteiger partial charge in [0.2, 0.25) is 5.91 Å². The van der Waals surface area contributed by atoms with E-state index in [0.29, 0.717) is 12.3 Å². The van der Waals surface area contributed by atoms with Crippen molar-refractivity contribution in [2.75, 3.05) is 12.3 Å². The summed E-state index contributed by atoms with van der Waals surface area (Å²) in [5.41, 5.74) is 0. The molecule has 1 aliphatic heterocycles. The fourth-order valence-electron chi connectivity index (χ4n) is 1.81. The largest absolute Gasteiger partial charge is 0.356 e. The van der Waals surface area contributed by atoms with Gasteiger partial charge in [-0.25, -0.2) is 0 Å². The second-order valence-corrected chi connectivity index (χ2v) is 7.89. The van der Waals surface area contributed by atoms with E-state index >= 15 is 0 Å². The Morgan fingerprint density at radius 2 is 2.24 bits per heavy atom. The first kappa shape index (κ1) is 15.2. The molecule has 1 heterocycles. The minimum atomic E-state index is 0.235. The van der Waals surface area contributed by atoms with Crippen molar-refractivity contribution in [3.8, 4) is 0 Å². The molecular weight excluding hydrogens is 250 g/mol. The summed E-state index contributed by atoms with van der Waals surface area (Å²) in [6.07, 6.45) is 6.70. The van der Waals surface area contributed by atoms with E-state index in [4.69, 9.17) is 0 Å². The normalized spacial score (nSPS) is 19.8. The van der Waals surface area contributed by atoms with Gasteiger partial charge in [0.25, 0.3) is 0 Å². The molecule has 1 N–H and O–H groups in total. The van der Waals surface area contributed by atoms with Crippen molar-refractivity contribution in [3.05, 3.63) is 0 Å². The number of amides is 1. The maximum Gasteiger partial charge on any atom is 0.219 e. The molecule has 1 aliphatic rings. The van der Waals surface area contributed by atoms with Crippen molar-refractivity contribution in [3.63, 3.8) is 0 Å². The van der Waals surface area contributed by atoms with Crippen LogP contribution in [0.25, 0.3) is 0 Å². The van der Waals surface area contributed by atoms with Crippen LogP contribution in [0.1, 0.15) is 52.4 Å². The van der Waals surface area contributed by atoms with Gasteiger partial charge in [0.1, 0.15) is 0 Å². The number of rotatable bonds is 8. The highest BCUT2D eigenvalue weighted by atomic mass is 33.1. The van der Waals surface area contributed by atoms with Crippen LogP contribution in [0.4, 0.5) is 0 Å². The lowest BCUT2D eigenvalue weighted by molar-refractivity contribution is -0.121. The van der Waals surface area contributed by atoms with Gasteiger partial charge in [-0.3, -0.25) is 4.79 Å². The highest BCUT2D eigenvalue weighted by Crippen LogP contribution is 2.39. The Bertz CT molecular complexity index is 215. The zero-order valence-corrected chi connectivity index (χ0v) is 12.7. The molecule has 0 aromatic rings. The molecule has 0 saturated carbocycles. The minimum absolute atomic E-state index is 0.235. The third-order valence-corrected chi connectivity index (χ3v) is 5.96. The van der Waals surface area contributed by atoms with Crippen LogP contribution in [0, 0.1) is 5.92 Å². The Hall–Kier alpha value is 0.170. The summed E-state index contributed by atoms with van der Waals surface area (Å²) in [5.74, 6) is 2.22. The summed E-state index contributed by atoms with van der Waals surface area (Å²) in [6, 6.07) is 0. The summed E-state index contributed by atoms with van der Waals surface area (Å²) in [4.78, 5) is 11.5. The average molecular weight is 275 g/mol. The molecule has 0 spiro atoms. The van der Waals surface area contributed by atoms with E-state index in [2.05, 4.69) is 19.2 Å². The Morgan fingerprint density at radius 1 is 1.41 bits per heavy atom. The average Bonchev–Trinajstić information content (AvgIpc) is 2.76. The van der Waals surface area contributed by atoms with Crippen LogP contribution in [0.3, 0.4) is 0 Å². The van der Waals surface area contributed by atoms with Gasteiger partial charge >= 0.3 is 0 Å². The first-order valence-electron chi connectivity index (χ1n) is 6.73. The molecule has 1 saturated heterocycles. The monoisotopic (exact) mass is 275 g/mol. The second kappa shape index (κ2) is 9.15. The summed E-state index contributed by atoms with van der Waals surface area (Å²) in [5, 5.41) is 3.85. The van der Waals surface area contributed by atoms with E-state index in [-0.39, 0.29) is 5.91 Å².